The molecule has 31 heavy (non-hydrogen) atoms. The highest BCUT2D eigenvalue weighted by molar-refractivity contribution is 7.26. The summed E-state index contributed by atoms with van der Waals surface area (Å²) in [4.78, 5) is 0. The Hall–Kier alpha value is -3.68. The van der Waals surface area contributed by atoms with E-state index in [0.717, 1.165) is 0 Å². The van der Waals surface area contributed by atoms with Crippen LogP contribution in [0.4, 0.5) is 0 Å². The van der Waals surface area contributed by atoms with Crippen LogP contribution in [0.3, 0.4) is 0 Å². The summed E-state index contributed by atoms with van der Waals surface area (Å²) >= 11 is 1.89. The summed E-state index contributed by atoms with van der Waals surface area (Å²) in [6, 6.07) is 43.6. The van der Waals surface area contributed by atoms with Gasteiger partial charge >= 0.3 is 0 Å². The van der Waals surface area contributed by atoms with Crippen LogP contribution < -0.4 is 0 Å². The molecule has 0 aliphatic heterocycles. The number of rotatable bonds is 3. The van der Waals surface area contributed by atoms with Crippen molar-refractivity contribution in [3.05, 3.63) is 121 Å². The van der Waals surface area contributed by atoms with Crippen molar-refractivity contribution in [1.29, 1.82) is 0 Å². The van der Waals surface area contributed by atoms with Crippen LogP contribution in [0.2, 0.25) is 0 Å². The van der Waals surface area contributed by atoms with Crippen molar-refractivity contribution in [2.45, 2.75) is 0 Å². The molecular formula is C30H20S. The standard InChI is InChI=1S/C30H20S/c1-3-9-21(10-4-1)22-15-17-24(18-16-22)25-19-20-26(23-11-5-2-6-12-23)30-29(25)27-13-7-8-14-28(27)31-30/h1-20H. The fourth-order valence-electron chi connectivity index (χ4n) is 4.39. The second-order valence-electron chi connectivity index (χ2n) is 7.77. The zero-order valence-corrected chi connectivity index (χ0v) is 17.8. The van der Waals surface area contributed by atoms with Gasteiger partial charge in [0, 0.05) is 20.2 Å². The third kappa shape index (κ3) is 3.15. The molecule has 5 aromatic carbocycles. The van der Waals surface area contributed by atoms with Crippen LogP contribution in [0.15, 0.2) is 121 Å². The molecule has 0 aliphatic rings. The van der Waals surface area contributed by atoms with Crippen LogP contribution in [0.1, 0.15) is 0 Å². The van der Waals surface area contributed by atoms with Crippen molar-refractivity contribution in [2.24, 2.45) is 0 Å². The van der Waals surface area contributed by atoms with Gasteiger partial charge in [-0.05, 0) is 39.4 Å². The lowest BCUT2D eigenvalue weighted by Gasteiger charge is -2.10. The van der Waals surface area contributed by atoms with Crippen molar-refractivity contribution in [2.75, 3.05) is 0 Å². The van der Waals surface area contributed by atoms with E-state index in [2.05, 4.69) is 121 Å². The molecule has 0 spiro atoms. The Kier molecular flexibility index (Phi) is 4.40. The molecule has 0 nitrogen and oxygen atoms in total. The quantitative estimate of drug-likeness (QED) is 0.272. The fourth-order valence-corrected chi connectivity index (χ4v) is 5.65. The molecule has 0 aliphatic carbocycles. The fraction of sp³-hybridized carbons (Fsp3) is 0. The molecule has 0 N–H and O–H groups in total. The van der Waals surface area contributed by atoms with Gasteiger partial charge in [0.15, 0.2) is 0 Å². The lowest BCUT2D eigenvalue weighted by atomic mass is 9.94. The van der Waals surface area contributed by atoms with Crippen molar-refractivity contribution in [1.82, 2.24) is 0 Å². The molecule has 0 amide bonds. The van der Waals surface area contributed by atoms with Gasteiger partial charge in [-0.15, -0.1) is 11.3 Å². The maximum Gasteiger partial charge on any atom is 0.0440 e. The van der Waals surface area contributed by atoms with E-state index in [0.29, 0.717) is 0 Å². The molecule has 6 aromatic rings. The maximum absolute atomic E-state index is 2.29. The third-order valence-electron chi connectivity index (χ3n) is 5.91. The summed E-state index contributed by atoms with van der Waals surface area (Å²) in [6.07, 6.45) is 0. The number of fused-ring (bicyclic) bond motifs is 3. The topological polar surface area (TPSA) is 0 Å². The molecule has 0 saturated heterocycles. The first-order valence-electron chi connectivity index (χ1n) is 10.5. The average Bonchev–Trinajstić information content (AvgIpc) is 3.24. The van der Waals surface area contributed by atoms with Crippen LogP contribution in [0.5, 0.6) is 0 Å². The van der Waals surface area contributed by atoms with Crippen LogP contribution >= 0.6 is 11.3 Å². The maximum atomic E-state index is 2.29. The van der Waals surface area contributed by atoms with E-state index in [9.17, 15) is 0 Å². The van der Waals surface area contributed by atoms with Gasteiger partial charge < -0.3 is 0 Å². The lowest BCUT2D eigenvalue weighted by molar-refractivity contribution is 1.61. The van der Waals surface area contributed by atoms with Crippen molar-refractivity contribution in [3.8, 4) is 33.4 Å². The Balaban J connectivity index is 1.57. The molecule has 0 radical (unpaired) electrons. The highest BCUT2D eigenvalue weighted by Gasteiger charge is 2.15. The molecule has 6 rings (SSSR count). The van der Waals surface area contributed by atoms with Gasteiger partial charge in [0.2, 0.25) is 0 Å². The van der Waals surface area contributed by atoms with Gasteiger partial charge in [-0.3, -0.25) is 0 Å². The molecule has 0 bridgehead atoms. The van der Waals surface area contributed by atoms with Gasteiger partial charge in [0.05, 0.1) is 0 Å². The molecule has 1 aromatic heterocycles. The minimum Gasteiger partial charge on any atom is -0.135 e. The van der Waals surface area contributed by atoms with E-state index in [1.54, 1.807) is 0 Å². The predicted molar refractivity (Wildman–Crippen MR) is 136 cm³/mol. The molecule has 0 unspecified atom stereocenters. The molecule has 0 saturated carbocycles. The van der Waals surface area contributed by atoms with E-state index in [1.165, 1.54) is 53.6 Å². The highest BCUT2D eigenvalue weighted by Crippen LogP contribution is 2.44. The summed E-state index contributed by atoms with van der Waals surface area (Å²) in [5.41, 5.74) is 7.63. The van der Waals surface area contributed by atoms with Gasteiger partial charge in [0.1, 0.15) is 0 Å². The van der Waals surface area contributed by atoms with Gasteiger partial charge in [0.25, 0.3) is 0 Å². The number of thiophene rings is 1. The molecule has 146 valence electrons. The second kappa shape index (κ2) is 7.54. The first-order chi connectivity index (χ1) is 15.4. The molecular weight excluding hydrogens is 392 g/mol. The largest absolute Gasteiger partial charge is 0.135 e. The van der Waals surface area contributed by atoms with E-state index >= 15 is 0 Å². The summed E-state index contributed by atoms with van der Waals surface area (Å²) < 4.78 is 2.69. The smallest absolute Gasteiger partial charge is 0.0440 e. The Morgan fingerprint density at radius 2 is 0.903 bits per heavy atom. The van der Waals surface area contributed by atoms with Crippen LogP contribution in [0.25, 0.3) is 53.6 Å². The summed E-state index contributed by atoms with van der Waals surface area (Å²) in [5.74, 6) is 0. The van der Waals surface area contributed by atoms with E-state index in [1.807, 2.05) is 11.3 Å². The zero-order chi connectivity index (χ0) is 20.6. The number of benzene rings is 5. The molecule has 0 atom stereocenters. The van der Waals surface area contributed by atoms with Gasteiger partial charge in [-0.2, -0.15) is 0 Å². The van der Waals surface area contributed by atoms with E-state index in [-0.39, 0.29) is 0 Å². The summed E-state index contributed by atoms with van der Waals surface area (Å²) in [7, 11) is 0. The average molecular weight is 413 g/mol. The van der Waals surface area contributed by atoms with Crippen LogP contribution in [-0.4, -0.2) is 0 Å². The molecule has 0 fully saturated rings. The van der Waals surface area contributed by atoms with E-state index < -0.39 is 0 Å². The molecule has 1 heterocycles. The van der Waals surface area contributed by atoms with Crippen molar-refractivity contribution in [3.63, 3.8) is 0 Å². The minimum absolute atomic E-state index is 1.25. The Labute approximate surface area is 186 Å². The lowest BCUT2D eigenvalue weighted by Crippen LogP contribution is -1.84. The van der Waals surface area contributed by atoms with E-state index in [4.69, 9.17) is 0 Å². The highest BCUT2D eigenvalue weighted by atomic mass is 32.1. The third-order valence-corrected chi connectivity index (χ3v) is 7.12. The van der Waals surface area contributed by atoms with Crippen molar-refractivity contribution < 1.29 is 0 Å². The SMILES string of the molecule is c1ccc(-c2ccc(-c3ccc(-c4ccccc4)c4sc5ccccc5c34)cc2)cc1. The van der Waals surface area contributed by atoms with Gasteiger partial charge in [-0.1, -0.05) is 115 Å². The second-order valence-corrected chi connectivity index (χ2v) is 8.82. The first-order valence-corrected chi connectivity index (χ1v) is 11.4. The monoisotopic (exact) mass is 412 g/mol. The Morgan fingerprint density at radius 3 is 1.65 bits per heavy atom. The van der Waals surface area contributed by atoms with Crippen molar-refractivity contribution >= 4 is 31.5 Å². The molecule has 1 heteroatoms. The normalized spacial score (nSPS) is 11.2. The van der Waals surface area contributed by atoms with Gasteiger partial charge in [-0.25, -0.2) is 0 Å². The Morgan fingerprint density at radius 1 is 0.387 bits per heavy atom. The first kappa shape index (κ1) is 18.1. The number of hydrogen-bond acceptors (Lipinski definition) is 1. The zero-order valence-electron chi connectivity index (χ0n) is 17.0. The predicted octanol–water partition coefficient (Wildman–Crippen LogP) is 9.06. The minimum atomic E-state index is 1.25. The summed E-state index contributed by atoms with van der Waals surface area (Å²) in [5, 5.41) is 2.69. The Bertz CT molecular complexity index is 1490. The number of hydrogen-bond donors (Lipinski definition) is 0. The van der Waals surface area contributed by atoms with Crippen LogP contribution in [0, 0.1) is 0 Å². The van der Waals surface area contributed by atoms with Crippen LogP contribution in [-0.2, 0) is 0 Å². The summed E-state index contributed by atoms with van der Waals surface area (Å²) in [6.45, 7) is 0.